The van der Waals surface area contributed by atoms with E-state index in [0.29, 0.717) is 23.8 Å². The maximum absolute atomic E-state index is 12.5. The van der Waals surface area contributed by atoms with Crippen molar-refractivity contribution in [2.45, 2.75) is 6.92 Å². The predicted molar refractivity (Wildman–Crippen MR) is 99.7 cm³/mol. The van der Waals surface area contributed by atoms with Gasteiger partial charge in [0.15, 0.2) is 0 Å². The van der Waals surface area contributed by atoms with E-state index in [1.54, 1.807) is 53.5 Å². The summed E-state index contributed by atoms with van der Waals surface area (Å²) in [7, 11) is 0. The molecule has 2 aromatic carbocycles. The molecule has 0 atom stereocenters. The number of carbonyl (C=O) groups excluding carboxylic acids is 2. The second-order valence-electron chi connectivity index (χ2n) is 5.34. The number of hydrogen-bond acceptors (Lipinski definition) is 5. The van der Waals surface area contributed by atoms with Crippen LogP contribution in [0.5, 0.6) is 11.5 Å². The van der Waals surface area contributed by atoms with Gasteiger partial charge in [0.05, 0.1) is 17.2 Å². The van der Waals surface area contributed by atoms with Crippen LogP contribution in [0.25, 0.3) is 5.69 Å². The van der Waals surface area contributed by atoms with Crippen LogP contribution < -0.4 is 14.8 Å². The van der Waals surface area contributed by atoms with Crippen LogP contribution >= 0.6 is 11.6 Å². The number of nitrogens with zero attached hydrogens (tertiary/aromatic N) is 2. The Morgan fingerprint density at radius 2 is 1.96 bits per heavy atom. The number of imide groups is 1. The third-order valence-corrected chi connectivity index (χ3v) is 3.83. The van der Waals surface area contributed by atoms with Gasteiger partial charge in [-0.25, -0.2) is 9.48 Å². The minimum atomic E-state index is -0.906. The van der Waals surface area contributed by atoms with Crippen molar-refractivity contribution in [3.8, 4) is 17.2 Å². The Bertz CT molecular complexity index is 943. The highest BCUT2D eigenvalue weighted by Crippen LogP contribution is 2.30. The molecule has 0 spiro atoms. The van der Waals surface area contributed by atoms with Gasteiger partial charge in [-0.1, -0.05) is 29.8 Å². The van der Waals surface area contributed by atoms with Crippen LogP contribution in [0.15, 0.2) is 60.9 Å². The smallest absolute Gasteiger partial charge is 0.419 e. The van der Waals surface area contributed by atoms with E-state index < -0.39 is 12.0 Å². The summed E-state index contributed by atoms with van der Waals surface area (Å²) in [5, 5.41) is 6.44. The zero-order valence-corrected chi connectivity index (χ0v) is 15.1. The Balaban J connectivity index is 1.83. The molecular weight excluding hydrogens is 370 g/mol. The molecular formula is C19H16ClN3O4. The summed E-state index contributed by atoms with van der Waals surface area (Å²) in [5.74, 6) is 0.0878. The molecule has 0 saturated carbocycles. The first-order chi connectivity index (χ1) is 13.1. The number of halogens is 1. The Labute approximate surface area is 160 Å². The summed E-state index contributed by atoms with van der Waals surface area (Å²) in [6.07, 6.45) is 2.40. The van der Waals surface area contributed by atoms with Crippen LogP contribution in [-0.4, -0.2) is 28.4 Å². The first-order valence-electron chi connectivity index (χ1n) is 8.13. The first-order valence-corrected chi connectivity index (χ1v) is 8.51. The highest BCUT2D eigenvalue weighted by atomic mass is 35.5. The van der Waals surface area contributed by atoms with E-state index in [0.717, 1.165) is 0 Å². The molecule has 0 fully saturated rings. The van der Waals surface area contributed by atoms with E-state index in [2.05, 4.69) is 10.4 Å². The summed E-state index contributed by atoms with van der Waals surface area (Å²) in [6, 6.07) is 13.2. The average Bonchev–Trinajstić information content (AvgIpc) is 3.17. The van der Waals surface area contributed by atoms with Crippen LogP contribution in [0.3, 0.4) is 0 Å². The lowest BCUT2D eigenvalue weighted by Gasteiger charge is -2.13. The molecule has 0 aliphatic rings. The average molecular weight is 386 g/mol. The minimum Gasteiger partial charge on any atom is -0.492 e. The second kappa shape index (κ2) is 8.37. The van der Waals surface area contributed by atoms with Gasteiger partial charge in [0.2, 0.25) is 0 Å². The lowest BCUT2D eigenvalue weighted by Crippen LogP contribution is -2.33. The number of rotatable bonds is 5. The zero-order chi connectivity index (χ0) is 19.2. The van der Waals surface area contributed by atoms with Gasteiger partial charge in [0, 0.05) is 18.5 Å². The summed E-state index contributed by atoms with van der Waals surface area (Å²) in [6.45, 7) is 2.25. The van der Waals surface area contributed by atoms with Gasteiger partial charge in [-0.15, -0.1) is 0 Å². The lowest BCUT2D eigenvalue weighted by molar-refractivity contribution is 0.0951. The summed E-state index contributed by atoms with van der Waals surface area (Å²) >= 11 is 6.21. The van der Waals surface area contributed by atoms with Crippen molar-refractivity contribution < 1.29 is 19.1 Å². The number of para-hydroxylation sites is 1. The van der Waals surface area contributed by atoms with Crippen molar-refractivity contribution in [1.29, 1.82) is 0 Å². The third-order valence-electron chi connectivity index (χ3n) is 3.51. The molecule has 3 aromatic rings. The van der Waals surface area contributed by atoms with Gasteiger partial charge >= 0.3 is 6.09 Å². The van der Waals surface area contributed by atoms with Crippen LogP contribution in [-0.2, 0) is 0 Å². The summed E-state index contributed by atoms with van der Waals surface area (Å²) in [5.41, 5.74) is 0.614. The molecule has 27 heavy (non-hydrogen) atoms. The van der Waals surface area contributed by atoms with Gasteiger partial charge in [0.1, 0.15) is 17.2 Å². The zero-order valence-electron chi connectivity index (χ0n) is 14.4. The first kappa shape index (κ1) is 18.5. The molecule has 0 bridgehead atoms. The third kappa shape index (κ3) is 4.45. The number of amides is 2. The molecule has 8 heteroatoms. The highest BCUT2D eigenvalue weighted by Gasteiger charge is 2.19. The van der Waals surface area contributed by atoms with Crippen LogP contribution in [0.1, 0.15) is 17.3 Å². The quantitative estimate of drug-likeness (QED) is 0.721. The normalized spacial score (nSPS) is 10.3. The molecule has 1 heterocycles. The van der Waals surface area contributed by atoms with Crippen molar-refractivity contribution in [1.82, 2.24) is 15.1 Å². The van der Waals surface area contributed by atoms with E-state index in [1.807, 2.05) is 6.92 Å². The van der Waals surface area contributed by atoms with Gasteiger partial charge in [-0.05, 0) is 31.2 Å². The standard InChI is InChI=1S/C19H16ClN3O4/c1-2-26-17-12-15(20)14(11-16(17)23-10-6-9-21-23)18(24)22-19(25)27-13-7-4-3-5-8-13/h3-12H,2H2,1H3,(H,22,24,25). The summed E-state index contributed by atoms with van der Waals surface area (Å²) < 4.78 is 12.2. The van der Waals surface area contributed by atoms with E-state index >= 15 is 0 Å². The van der Waals surface area contributed by atoms with Crippen molar-refractivity contribution in [2.75, 3.05) is 6.61 Å². The number of benzene rings is 2. The maximum Gasteiger partial charge on any atom is 0.419 e. The van der Waals surface area contributed by atoms with Crippen molar-refractivity contribution in [3.05, 3.63) is 71.5 Å². The van der Waals surface area contributed by atoms with Gasteiger partial charge in [0.25, 0.3) is 5.91 Å². The van der Waals surface area contributed by atoms with E-state index in [-0.39, 0.29) is 10.6 Å². The molecule has 0 saturated heterocycles. The van der Waals surface area contributed by atoms with E-state index in [9.17, 15) is 9.59 Å². The molecule has 3 rings (SSSR count). The molecule has 1 N–H and O–H groups in total. The maximum atomic E-state index is 12.5. The lowest BCUT2D eigenvalue weighted by atomic mass is 10.1. The Morgan fingerprint density at radius 3 is 2.63 bits per heavy atom. The highest BCUT2D eigenvalue weighted by molar-refractivity contribution is 6.34. The van der Waals surface area contributed by atoms with Gasteiger partial charge < -0.3 is 9.47 Å². The van der Waals surface area contributed by atoms with Crippen LogP contribution in [0, 0.1) is 0 Å². The molecule has 1 aromatic heterocycles. The van der Waals surface area contributed by atoms with Crippen LogP contribution in [0.2, 0.25) is 5.02 Å². The summed E-state index contributed by atoms with van der Waals surface area (Å²) in [4.78, 5) is 24.4. The fraction of sp³-hybridized carbons (Fsp3) is 0.105. The predicted octanol–water partition coefficient (Wildman–Crippen LogP) is 3.85. The monoisotopic (exact) mass is 385 g/mol. The topological polar surface area (TPSA) is 82.5 Å². The number of nitrogens with one attached hydrogen (secondary N) is 1. The second-order valence-corrected chi connectivity index (χ2v) is 5.75. The van der Waals surface area contributed by atoms with Crippen molar-refractivity contribution >= 4 is 23.6 Å². The Morgan fingerprint density at radius 1 is 1.19 bits per heavy atom. The molecule has 0 aliphatic carbocycles. The van der Waals surface area contributed by atoms with Crippen LogP contribution in [0.4, 0.5) is 4.79 Å². The van der Waals surface area contributed by atoms with E-state index in [1.165, 1.54) is 12.1 Å². The molecule has 7 nitrogen and oxygen atoms in total. The molecule has 0 radical (unpaired) electrons. The molecule has 0 aliphatic heterocycles. The van der Waals surface area contributed by atoms with Gasteiger partial charge in [-0.3, -0.25) is 10.1 Å². The van der Waals surface area contributed by atoms with Crippen molar-refractivity contribution in [3.63, 3.8) is 0 Å². The minimum absolute atomic E-state index is 0.0932. The fourth-order valence-corrected chi connectivity index (χ4v) is 2.60. The van der Waals surface area contributed by atoms with E-state index in [4.69, 9.17) is 21.1 Å². The fourth-order valence-electron chi connectivity index (χ4n) is 2.36. The molecule has 138 valence electrons. The molecule has 2 amide bonds. The number of hydrogen-bond donors (Lipinski definition) is 1. The van der Waals surface area contributed by atoms with Gasteiger partial charge in [-0.2, -0.15) is 5.10 Å². The van der Waals surface area contributed by atoms with Crippen molar-refractivity contribution in [2.24, 2.45) is 0 Å². The number of carbonyl (C=O) groups is 2. The molecule has 0 unspecified atom stereocenters. The Hall–Kier alpha value is -3.32. The number of aromatic nitrogens is 2. The SMILES string of the molecule is CCOc1cc(Cl)c(C(=O)NC(=O)Oc2ccccc2)cc1-n1cccn1. The number of ether oxygens (including phenoxy) is 2. The Kier molecular flexibility index (Phi) is 5.73. The largest absolute Gasteiger partial charge is 0.492 e.